The van der Waals surface area contributed by atoms with Crippen molar-refractivity contribution in [2.45, 2.75) is 31.7 Å². The Morgan fingerprint density at radius 2 is 2.00 bits per heavy atom. The van der Waals surface area contributed by atoms with Crippen LogP contribution in [0.15, 0.2) is 29.2 Å². The summed E-state index contributed by atoms with van der Waals surface area (Å²) < 4.78 is 1.82. The first-order chi connectivity index (χ1) is 9.63. The van der Waals surface area contributed by atoms with E-state index in [1.165, 1.54) is 0 Å². The molecule has 0 aliphatic carbocycles. The Morgan fingerprint density at radius 1 is 1.25 bits per heavy atom. The monoisotopic (exact) mass is 291 g/mol. The summed E-state index contributed by atoms with van der Waals surface area (Å²) in [6, 6.07) is 8.27. The summed E-state index contributed by atoms with van der Waals surface area (Å²) in [4.78, 5) is 1.16. The van der Waals surface area contributed by atoms with Gasteiger partial charge in [-0.2, -0.15) is 4.68 Å². The van der Waals surface area contributed by atoms with Gasteiger partial charge in [0.15, 0.2) is 5.82 Å². The van der Waals surface area contributed by atoms with Gasteiger partial charge in [-0.05, 0) is 48.2 Å². The Kier molecular flexibility index (Phi) is 5.14. The maximum Gasteiger partial charge on any atom is 0.173 e. The fraction of sp³-hybridized carbons (Fsp3) is 0.500. The third-order valence-electron chi connectivity index (χ3n) is 3.03. The zero-order chi connectivity index (χ0) is 14.5. The lowest BCUT2D eigenvalue weighted by atomic mass is 10.2. The molecule has 0 amide bonds. The molecule has 0 aliphatic heterocycles. The van der Waals surface area contributed by atoms with E-state index in [-0.39, 0.29) is 6.04 Å². The summed E-state index contributed by atoms with van der Waals surface area (Å²) in [5, 5.41) is 15.6. The Labute approximate surface area is 124 Å². The van der Waals surface area contributed by atoms with E-state index in [4.69, 9.17) is 0 Å². The second kappa shape index (κ2) is 6.85. The lowest BCUT2D eigenvalue weighted by Gasteiger charge is -2.16. The fourth-order valence-electron chi connectivity index (χ4n) is 1.94. The fourth-order valence-corrected chi connectivity index (χ4v) is 2.52. The largest absolute Gasteiger partial charge is 0.307 e. The number of aromatic nitrogens is 4. The minimum atomic E-state index is 0.113. The second-order valence-corrected chi connectivity index (χ2v) is 5.99. The average molecular weight is 291 g/mol. The van der Waals surface area contributed by atoms with Crippen molar-refractivity contribution in [1.29, 1.82) is 0 Å². The van der Waals surface area contributed by atoms with Crippen molar-refractivity contribution < 1.29 is 0 Å². The maximum atomic E-state index is 4.18. The van der Waals surface area contributed by atoms with E-state index >= 15 is 0 Å². The quantitative estimate of drug-likeness (QED) is 0.829. The van der Waals surface area contributed by atoms with E-state index in [9.17, 15) is 0 Å². The van der Waals surface area contributed by atoms with E-state index in [0.29, 0.717) is 5.92 Å². The van der Waals surface area contributed by atoms with Crippen LogP contribution in [-0.4, -0.2) is 33.0 Å². The van der Waals surface area contributed by atoms with E-state index in [0.717, 1.165) is 23.0 Å². The molecule has 0 saturated heterocycles. The van der Waals surface area contributed by atoms with Crippen LogP contribution in [0.1, 0.15) is 32.6 Å². The summed E-state index contributed by atoms with van der Waals surface area (Å²) in [6.45, 7) is 7.40. The summed E-state index contributed by atoms with van der Waals surface area (Å²) in [5.41, 5.74) is 1.03. The minimum absolute atomic E-state index is 0.113. The normalized spacial score (nSPS) is 12.8. The van der Waals surface area contributed by atoms with Crippen molar-refractivity contribution in [2.24, 2.45) is 5.92 Å². The molecule has 0 radical (unpaired) electrons. The maximum absolute atomic E-state index is 4.18. The molecular weight excluding hydrogens is 270 g/mol. The predicted molar refractivity (Wildman–Crippen MR) is 82.2 cm³/mol. The highest BCUT2D eigenvalue weighted by molar-refractivity contribution is 7.98. The number of rotatable bonds is 6. The van der Waals surface area contributed by atoms with Crippen LogP contribution in [0.25, 0.3) is 5.69 Å². The van der Waals surface area contributed by atoms with E-state index < -0.39 is 0 Å². The van der Waals surface area contributed by atoms with Gasteiger partial charge in [0.25, 0.3) is 0 Å². The molecule has 6 heteroatoms. The van der Waals surface area contributed by atoms with Crippen LogP contribution >= 0.6 is 11.8 Å². The van der Waals surface area contributed by atoms with Crippen LogP contribution in [0.5, 0.6) is 0 Å². The standard InChI is InChI=1S/C14H21N5S/c1-10(2)9-15-11(3)14-16-17-18-19(14)12-7-5-6-8-13(12)20-4/h5-8,10-11,15H,9H2,1-4H3. The third kappa shape index (κ3) is 3.37. The number of para-hydroxylation sites is 1. The number of tetrazole rings is 1. The molecule has 1 unspecified atom stereocenters. The second-order valence-electron chi connectivity index (χ2n) is 5.14. The predicted octanol–water partition coefficient (Wildman–Crippen LogP) is 2.69. The van der Waals surface area contributed by atoms with Gasteiger partial charge in [0.2, 0.25) is 0 Å². The number of benzene rings is 1. The zero-order valence-electron chi connectivity index (χ0n) is 12.4. The van der Waals surface area contributed by atoms with Gasteiger partial charge in [-0.3, -0.25) is 0 Å². The van der Waals surface area contributed by atoms with Crippen LogP contribution in [0.2, 0.25) is 0 Å². The van der Waals surface area contributed by atoms with Gasteiger partial charge in [0.05, 0.1) is 11.7 Å². The molecule has 1 atom stereocenters. The van der Waals surface area contributed by atoms with Crippen LogP contribution in [0, 0.1) is 5.92 Å². The SMILES string of the molecule is CSc1ccccc1-n1nnnc1C(C)NCC(C)C. The first-order valence-electron chi connectivity index (χ1n) is 6.78. The van der Waals surface area contributed by atoms with Gasteiger partial charge in [0.1, 0.15) is 0 Å². The molecule has 20 heavy (non-hydrogen) atoms. The molecule has 2 aromatic rings. The van der Waals surface area contributed by atoms with Crippen molar-refractivity contribution in [2.75, 3.05) is 12.8 Å². The molecule has 0 aliphatic rings. The van der Waals surface area contributed by atoms with Crippen LogP contribution in [0.4, 0.5) is 0 Å². The third-order valence-corrected chi connectivity index (χ3v) is 3.81. The number of hydrogen-bond donors (Lipinski definition) is 1. The molecule has 0 saturated carbocycles. The number of nitrogens with zero attached hydrogens (tertiary/aromatic N) is 4. The van der Waals surface area contributed by atoms with Crippen molar-refractivity contribution in [3.63, 3.8) is 0 Å². The smallest absolute Gasteiger partial charge is 0.173 e. The zero-order valence-corrected chi connectivity index (χ0v) is 13.2. The molecule has 1 N–H and O–H groups in total. The minimum Gasteiger partial charge on any atom is -0.307 e. The molecule has 0 spiro atoms. The van der Waals surface area contributed by atoms with Crippen LogP contribution in [0.3, 0.4) is 0 Å². The Balaban J connectivity index is 2.28. The number of hydrogen-bond acceptors (Lipinski definition) is 5. The Bertz CT molecular complexity index is 552. The molecule has 1 aromatic heterocycles. The van der Waals surface area contributed by atoms with E-state index in [1.54, 1.807) is 11.8 Å². The van der Waals surface area contributed by atoms with Gasteiger partial charge in [-0.25, -0.2) is 0 Å². The van der Waals surface area contributed by atoms with Crippen molar-refractivity contribution in [3.8, 4) is 5.69 Å². The first kappa shape index (κ1) is 15.0. The van der Waals surface area contributed by atoms with Gasteiger partial charge >= 0.3 is 0 Å². The highest BCUT2D eigenvalue weighted by Crippen LogP contribution is 2.24. The Morgan fingerprint density at radius 3 is 2.70 bits per heavy atom. The lowest BCUT2D eigenvalue weighted by molar-refractivity contribution is 0.474. The molecule has 1 heterocycles. The van der Waals surface area contributed by atoms with Gasteiger partial charge in [-0.1, -0.05) is 26.0 Å². The van der Waals surface area contributed by atoms with Crippen molar-refractivity contribution in [3.05, 3.63) is 30.1 Å². The van der Waals surface area contributed by atoms with Gasteiger partial charge in [0, 0.05) is 4.90 Å². The van der Waals surface area contributed by atoms with Crippen molar-refractivity contribution >= 4 is 11.8 Å². The highest BCUT2D eigenvalue weighted by atomic mass is 32.2. The van der Waals surface area contributed by atoms with Gasteiger partial charge < -0.3 is 5.32 Å². The topological polar surface area (TPSA) is 55.6 Å². The molecule has 1 aromatic carbocycles. The highest BCUT2D eigenvalue weighted by Gasteiger charge is 2.17. The molecule has 2 rings (SSSR count). The molecule has 0 fully saturated rings. The molecule has 0 bridgehead atoms. The summed E-state index contributed by atoms with van der Waals surface area (Å²) in [6.07, 6.45) is 2.06. The molecule has 108 valence electrons. The number of thioether (sulfide) groups is 1. The number of nitrogens with one attached hydrogen (secondary N) is 1. The molecule has 5 nitrogen and oxygen atoms in total. The Hall–Kier alpha value is -1.40. The summed E-state index contributed by atoms with van der Waals surface area (Å²) >= 11 is 1.70. The average Bonchev–Trinajstić information content (AvgIpc) is 2.93. The summed E-state index contributed by atoms with van der Waals surface area (Å²) in [7, 11) is 0. The molecular formula is C14H21N5S. The van der Waals surface area contributed by atoms with Crippen molar-refractivity contribution in [1.82, 2.24) is 25.5 Å². The summed E-state index contributed by atoms with van der Waals surface area (Å²) in [5.74, 6) is 1.44. The van der Waals surface area contributed by atoms with E-state index in [2.05, 4.69) is 53.9 Å². The lowest BCUT2D eigenvalue weighted by Crippen LogP contribution is -2.25. The van der Waals surface area contributed by atoms with Gasteiger partial charge in [-0.15, -0.1) is 16.9 Å². The van der Waals surface area contributed by atoms with E-state index in [1.807, 2.05) is 22.9 Å². The van der Waals surface area contributed by atoms with Crippen LogP contribution < -0.4 is 5.32 Å². The van der Waals surface area contributed by atoms with Crippen LogP contribution in [-0.2, 0) is 0 Å². The first-order valence-corrected chi connectivity index (χ1v) is 8.01.